The molecule has 11 nitrogen and oxygen atoms in total. The fourth-order valence-electron chi connectivity index (χ4n) is 5.21. The number of nitrogens with two attached hydrogens (primary N) is 1. The van der Waals surface area contributed by atoms with Crippen LogP contribution in [0.1, 0.15) is 28.8 Å². The van der Waals surface area contributed by atoms with Gasteiger partial charge in [0.15, 0.2) is 11.4 Å². The number of allylic oxidation sites excluding steroid dienone is 2. The molecule has 0 aliphatic heterocycles. The van der Waals surface area contributed by atoms with Crippen LogP contribution in [0.4, 0.5) is 5.69 Å². The number of aromatic hydroxyl groups is 1. The number of aliphatic hydroxyl groups excluding tert-OH is 2. The number of anilines is 1. The Bertz CT molecular complexity index is 1210. The maximum Gasteiger partial charge on any atom is 0.255 e. The van der Waals surface area contributed by atoms with E-state index >= 15 is 0 Å². The SMILES string of the molecule is CN(C)CC(=O)Nc1ccc(O)c2c1CC1CC3CC(O)=C(C(N)=O)C(=O)[C@@]3(O)C(O)=C1C2=O. The van der Waals surface area contributed by atoms with Gasteiger partial charge in [-0.05, 0) is 50.6 Å². The van der Waals surface area contributed by atoms with E-state index in [-0.39, 0.29) is 48.6 Å². The van der Waals surface area contributed by atoms with Crippen LogP contribution in [0.3, 0.4) is 0 Å². The molecule has 3 atom stereocenters. The molecule has 1 aromatic carbocycles. The number of nitrogens with one attached hydrogen (secondary N) is 1. The number of carbonyl (C=O) groups excluding carboxylic acids is 4. The van der Waals surface area contributed by atoms with Crippen molar-refractivity contribution < 1.29 is 39.6 Å². The Labute approximate surface area is 194 Å². The number of nitrogens with zero attached hydrogens (tertiary/aromatic N) is 1. The molecule has 0 fully saturated rings. The average Bonchev–Trinajstić information content (AvgIpc) is 2.71. The first kappa shape index (κ1) is 23.5. The number of phenolic OH excluding ortho intramolecular Hbond substituents is 1. The molecule has 0 saturated heterocycles. The first-order valence-corrected chi connectivity index (χ1v) is 10.6. The Hall–Kier alpha value is -3.70. The van der Waals surface area contributed by atoms with Crippen LogP contribution in [-0.4, -0.2) is 74.9 Å². The van der Waals surface area contributed by atoms with Crippen LogP contribution in [-0.2, 0) is 20.8 Å². The number of rotatable bonds is 4. The normalized spacial score (nSPS) is 26.2. The summed E-state index contributed by atoms with van der Waals surface area (Å²) in [6.07, 6.45) is -0.175. The predicted molar refractivity (Wildman–Crippen MR) is 118 cm³/mol. The number of Topliss-reactive ketones (excluding diaryl/α,β-unsaturated/α-hetero) is 2. The first-order chi connectivity index (χ1) is 15.9. The molecule has 180 valence electrons. The van der Waals surface area contributed by atoms with Crippen molar-refractivity contribution >= 4 is 29.1 Å². The Morgan fingerprint density at radius 1 is 1.18 bits per heavy atom. The van der Waals surface area contributed by atoms with Crippen molar-refractivity contribution in [2.45, 2.75) is 24.9 Å². The van der Waals surface area contributed by atoms with E-state index in [4.69, 9.17) is 5.73 Å². The molecule has 2 unspecified atom stereocenters. The molecule has 0 aromatic heterocycles. The van der Waals surface area contributed by atoms with E-state index in [1.807, 2.05) is 0 Å². The monoisotopic (exact) mass is 471 g/mol. The predicted octanol–water partition coefficient (Wildman–Crippen LogP) is 0.0806. The standard InChI is InChI=1S/C23H25N3O8/c1-26(2)8-15(29)25-12-3-4-13(27)17-11(12)6-9-5-10-7-14(28)18(22(24)33)21(32)23(10,34)20(31)16(9)19(17)30/h3-4,9-10,27-28,31,34H,5-8H2,1-2H3,(H2,24,33)(H,25,29)/t9?,10?,23-/m0/s1. The summed E-state index contributed by atoms with van der Waals surface area (Å²) in [6, 6.07) is 2.71. The third-order valence-electron chi connectivity index (χ3n) is 6.68. The van der Waals surface area contributed by atoms with E-state index < -0.39 is 52.0 Å². The van der Waals surface area contributed by atoms with Gasteiger partial charge in [-0.2, -0.15) is 0 Å². The van der Waals surface area contributed by atoms with Gasteiger partial charge in [0.2, 0.25) is 11.7 Å². The van der Waals surface area contributed by atoms with Crippen LogP contribution in [0.2, 0.25) is 0 Å². The molecule has 2 amide bonds. The molecule has 0 saturated carbocycles. The highest BCUT2D eigenvalue weighted by atomic mass is 16.3. The number of likely N-dealkylation sites (N-methyl/N-ethyl adjacent to an activating group) is 1. The van der Waals surface area contributed by atoms with Gasteiger partial charge in [-0.1, -0.05) is 0 Å². The molecule has 0 radical (unpaired) electrons. The Morgan fingerprint density at radius 2 is 1.85 bits per heavy atom. The van der Waals surface area contributed by atoms with E-state index in [2.05, 4.69) is 5.32 Å². The minimum atomic E-state index is -2.61. The van der Waals surface area contributed by atoms with E-state index in [1.165, 1.54) is 12.1 Å². The summed E-state index contributed by atoms with van der Waals surface area (Å²) in [5.74, 6) is -7.24. The molecular weight excluding hydrogens is 446 g/mol. The molecule has 7 N–H and O–H groups in total. The molecule has 4 rings (SSSR count). The number of aliphatic hydroxyl groups is 3. The minimum Gasteiger partial charge on any atom is -0.511 e. The number of hydrogen-bond acceptors (Lipinski definition) is 9. The van der Waals surface area contributed by atoms with Gasteiger partial charge in [0.1, 0.15) is 22.8 Å². The van der Waals surface area contributed by atoms with Gasteiger partial charge in [-0.3, -0.25) is 19.2 Å². The Balaban J connectivity index is 1.82. The second kappa shape index (κ2) is 7.96. The largest absolute Gasteiger partial charge is 0.511 e. The summed E-state index contributed by atoms with van der Waals surface area (Å²) < 4.78 is 0. The van der Waals surface area contributed by atoms with Crippen molar-refractivity contribution in [1.29, 1.82) is 0 Å². The van der Waals surface area contributed by atoms with Gasteiger partial charge in [-0.15, -0.1) is 0 Å². The number of ketones is 2. The van der Waals surface area contributed by atoms with Gasteiger partial charge in [0.25, 0.3) is 5.91 Å². The highest BCUT2D eigenvalue weighted by Crippen LogP contribution is 2.52. The molecule has 0 heterocycles. The lowest BCUT2D eigenvalue weighted by atomic mass is 9.60. The van der Waals surface area contributed by atoms with Gasteiger partial charge >= 0.3 is 0 Å². The van der Waals surface area contributed by atoms with Crippen LogP contribution in [0.5, 0.6) is 5.75 Å². The Kier molecular flexibility index (Phi) is 5.49. The topological polar surface area (TPSA) is 190 Å². The van der Waals surface area contributed by atoms with Crippen LogP contribution in [0.15, 0.2) is 34.8 Å². The van der Waals surface area contributed by atoms with E-state index in [0.29, 0.717) is 11.3 Å². The number of carbonyl (C=O) groups is 4. The summed E-state index contributed by atoms with van der Waals surface area (Å²) in [5, 5.41) is 45.6. The third-order valence-corrected chi connectivity index (χ3v) is 6.68. The number of amides is 2. The van der Waals surface area contributed by atoms with Crippen molar-refractivity contribution in [1.82, 2.24) is 4.90 Å². The minimum absolute atomic E-state index is 0.0175. The average molecular weight is 471 g/mol. The molecule has 0 bridgehead atoms. The van der Waals surface area contributed by atoms with Crippen LogP contribution < -0.4 is 11.1 Å². The lowest BCUT2D eigenvalue weighted by molar-refractivity contribution is -0.144. The summed E-state index contributed by atoms with van der Waals surface area (Å²) in [5.41, 5.74) is 2.04. The van der Waals surface area contributed by atoms with Crippen molar-refractivity contribution in [2.24, 2.45) is 17.6 Å². The van der Waals surface area contributed by atoms with Crippen molar-refractivity contribution in [3.63, 3.8) is 0 Å². The maximum absolute atomic E-state index is 13.4. The van der Waals surface area contributed by atoms with Gasteiger partial charge in [0.05, 0.1) is 12.1 Å². The smallest absolute Gasteiger partial charge is 0.255 e. The number of fused-ring (bicyclic) bond motifs is 3. The van der Waals surface area contributed by atoms with Crippen molar-refractivity contribution in [2.75, 3.05) is 26.0 Å². The highest BCUT2D eigenvalue weighted by Gasteiger charge is 2.59. The molecule has 1 aromatic rings. The van der Waals surface area contributed by atoms with Gasteiger partial charge in [0, 0.05) is 23.6 Å². The number of hydrogen-bond donors (Lipinski definition) is 6. The molecule has 11 heteroatoms. The van der Waals surface area contributed by atoms with Crippen molar-refractivity contribution in [3.05, 3.63) is 45.9 Å². The lowest BCUT2D eigenvalue weighted by Crippen LogP contribution is -2.57. The quantitative estimate of drug-likeness (QED) is 0.261. The molecule has 0 spiro atoms. The van der Waals surface area contributed by atoms with Gasteiger partial charge in [-0.25, -0.2) is 0 Å². The Morgan fingerprint density at radius 3 is 2.47 bits per heavy atom. The second-order valence-corrected chi connectivity index (χ2v) is 9.18. The van der Waals surface area contributed by atoms with E-state index in [0.717, 1.165) is 0 Å². The zero-order chi connectivity index (χ0) is 25.1. The van der Waals surface area contributed by atoms with E-state index in [9.17, 15) is 39.6 Å². The zero-order valence-corrected chi connectivity index (χ0v) is 18.6. The van der Waals surface area contributed by atoms with Crippen molar-refractivity contribution in [3.8, 4) is 5.75 Å². The highest BCUT2D eigenvalue weighted by molar-refractivity contribution is 6.24. The molecule has 34 heavy (non-hydrogen) atoms. The summed E-state index contributed by atoms with van der Waals surface area (Å²) in [7, 11) is 3.44. The number of primary amides is 1. The van der Waals surface area contributed by atoms with Crippen LogP contribution in [0, 0.1) is 11.8 Å². The fourth-order valence-corrected chi connectivity index (χ4v) is 5.21. The third kappa shape index (κ3) is 3.35. The van der Waals surface area contributed by atoms with Crippen LogP contribution in [0.25, 0.3) is 0 Å². The lowest BCUT2D eigenvalue weighted by Gasteiger charge is -2.45. The number of benzene rings is 1. The molecule has 3 aliphatic carbocycles. The molecular formula is C23H25N3O8. The number of phenols is 1. The summed E-state index contributed by atoms with van der Waals surface area (Å²) in [4.78, 5) is 52.0. The van der Waals surface area contributed by atoms with Gasteiger partial charge < -0.3 is 36.4 Å². The zero-order valence-electron chi connectivity index (χ0n) is 18.6. The fraction of sp³-hybridized carbons (Fsp3) is 0.391. The molecule has 3 aliphatic rings. The van der Waals surface area contributed by atoms with E-state index in [1.54, 1.807) is 19.0 Å². The summed E-state index contributed by atoms with van der Waals surface area (Å²) >= 11 is 0. The first-order valence-electron chi connectivity index (χ1n) is 10.6. The summed E-state index contributed by atoms with van der Waals surface area (Å²) in [6.45, 7) is 0.0873. The maximum atomic E-state index is 13.4. The second-order valence-electron chi connectivity index (χ2n) is 9.18. The van der Waals surface area contributed by atoms with Crippen LogP contribution >= 0.6 is 0 Å².